The van der Waals surface area contributed by atoms with Crippen LogP contribution >= 0.6 is 0 Å². The molecule has 0 heterocycles. The van der Waals surface area contributed by atoms with Crippen molar-refractivity contribution >= 4 is 0 Å². The van der Waals surface area contributed by atoms with Crippen LogP contribution in [0.15, 0.2) is 24.3 Å². The summed E-state index contributed by atoms with van der Waals surface area (Å²) < 4.78 is 10.5. The van der Waals surface area contributed by atoms with Gasteiger partial charge >= 0.3 is 0 Å². The van der Waals surface area contributed by atoms with Crippen molar-refractivity contribution in [1.82, 2.24) is 0 Å². The maximum absolute atomic E-state index is 5.70. The van der Waals surface area contributed by atoms with E-state index in [-0.39, 0.29) is 0 Å². The molecule has 1 aromatic carbocycles. The molecule has 15 heavy (non-hydrogen) atoms. The lowest BCUT2D eigenvalue weighted by molar-refractivity contribution is 0.0100. The Morgan fingerprint density at radius 2 is 1.80 bits per heavy atom. The molecule has 3 heteroatoms. The third-order valence-corrected chi connectivity index (χ3v) is 2.72. The van der Waals surface area contributed by atoms with E-state index in [0.29, 0.717) is 13.2 Å². The van der Waals surface area contributed by atoms with E-state index in [0.717, 1.165) is 11.1 Å². The van der Waals surface area contributed by atoms with E-state index in [4.69, 9.17) is 15.2 Å². The lowest BCUT2D eigenvalue weighted by atomic mass is 9.95. The molecule has 0 aliphatic carbocycles. The molecule has 0 radical (unpaired) electrons. The van der Waals surface area contributed by atoms with Crippen molar-refractivity contribution in [2.75, 3.05) is 20.8 Å². The van der Waals surface area contributed by atoms with Gasteiger partial charge in [0.2, 0.25) is 0 Å². The lowest BCUT2D eigenvalue weighted by Gasteiger charge is -2.27. The SMILES string of the molecule is COCc1ccc(C(C)(CN)OC)cc1. The smallest absolute Gasteiger partial charge is 0.102 e. The number of hydrogen-bond acceptors (Lipinski definition) is 3. The molecule has 1 atom stereocenters. The number of ether oxygens (including phenoxy) is 2. The molecule has 1 rings (SSSR count). The molecule has 0 bridgehead atoms. The van der Waals surface area contributed by atoms with Crippen LogP contribution in [0.2, 0.25) is 0 Å². The van der Waals surface area contributed by atoms with E-state index in [1.165, 1.54) is 0 Å². The molecule has 1 unspecified atom stereocenters. The van der Waals surface area contributed by atoms with E-state index in [9.17, 15) is 0 Å². The Morgan fingerprint density at radius 1 is 1.20 bits per heavy atom. The first-order valence-electron chi connectivity index (χ1n) is 5.00. The number of methoxy groups -OCH3 is 2. The summed E-state index contributed by atoms with van der Waals surface area (Å²) in [6, 6.07) is 8.13. The molecule has 0 spiro atoms. The molecule has 0 aliphatic heterocycles. The van der Waals surface area contributed by atoms with Crippen molar-refractivity contribution in [2.24, 2.45) is 5.73 Å². The van der Waals surface area contributed by atoms with Gasteiger partial charge in [-0.15, -0.1) is 0 Å². The fourth-order valence-corrected chi connectivity index (χ4v) is 1.44. The van der Waals surface area contributed by atoms with Crippen LogP contribution in [0.1, 0.15) is 18.1 Å². The average molecular weight is 209 g/mol. The molecule has 0 saturated heterocycles. The first kappa shape index (κ1) is 12.2. The zero-order valence-corrected chi connectivity index (χ0v) is 9.62. The summed E-state index contributed by atoms with van der Waals surface area (Å²) in [5.41, 5.74) is 7.54. The van der Waals surface area contributed by atoms with E-state index >= 15 is 0 Å². The van der Waals surface area contributed by atoms with Crippen LogP contribution in [-0.2, 0) is 21.7 Å². The summed E-state index contributed by atoms with van der Waals surface area (Å²) in [4.78, 5) is 0. The molecule has 2 N–H and O–H groups in total. The van der Waals surface area contributed by atoms with Gasteiger partial charge < -0.3 is 15.2 Å². The minimum atomic E-state index is -0.397. The van der Waals surface area contributed by atoms with Gasteiger partial charge in [0.25, 0.3) is 0 Å². The standard InChI is InChI=1S/C12H19NO2/c1-12(9-13,15-3)11-6-4-10(5-7-11)8-14-2/h4-7H,8-9,13H2,1-3H3. The normalized spacial score (nSPS) is 14.9. The van der Waals surface area contributed by atoms with Gasteiger partial charge in [-0.1, -0.05) is 24.3 Å². The van der Waals surface area contributed by atoms with Crippen LogP contribution < -0.4 is 5.73 Å². The first-order valence-corrected chi connectivity index (χ1v) is 5.00. The van der Waals surface area contributed by atoms with Crippen molar-refractivity contribution in [3.8, 4) is 0 Å². The topological polar surface area (TPSA) is 44.5 Å². The quantitative estimate of drug-likeness (QED) is 0.802. The largest absolute Gasteiger partial charge is 0.380 e. The van der Waals surface area contributed by atoms with Crippen LogP contribution in [0.5, 0.6) is 0 Å². The van der Waals surface area contributed by atoms with E-state index in [1.807, 2.05) is 31.2 Å². The summed E-state index contributed by atoms with van der Waals surface area (Å²) >= 11 is 0. The summed E-state index contributed by atoms with van der Waals surface area (Å²) in [5.74, 6) is 0. The van der Waals surface area contributed by atoms with Gasteiger partial charge in [-0.2, -0.15) is 0 Å². The van der Waals surface area contributed by atoms with Gasteiger partial charge in [-0.25, -0.2) is 0 Å². The van der Waals surface area contributed by atoms with Crippen LogP contribution in [0.25, 0.3) is 0 Å². The lowest BCUT2D eigenvalue weighted by Crippen LogP contribution is -2.33. The van der Waals surface area contributed by atoms with Crippen molar-refractivity contribution < 1.29 is 9.47 Å². The van der Waals surface area contributed by atoms with Crippen molar-refractivity contribution in [1.29, 1.82) is 0 Å². The highest BCUT2D eigenvalue weighted by Gasteiger charge is 2.23. The maximum Gasteiger partial charge on any atom is 0.102 e. The van der Waals surface area contributed by atoms with Gasteiger partial charge in [0.15, 0.2) is 0 Å². The van der Waals surface area contributed by atoms with Gasteiger partial charge in [0.1, 0.15) is 5.60 Å². The first-order chi connectivity index (χ1) is 7.16. The second-order valence-electron chi connectivity index (χ2n) is 3.77. The summed E-state index contributed by atoms with van der Waals surface area (Å²) in [5, 5.41) is 0. The van der Waals surface area contributed by atoms with E-state index < -0.39 is 5.60 Å². The third-order valence-electron chi connectivity index (χ3n) is 2.72. The average Bonchev–Trinajstić information content (AvgIpc) is 2.29. The molecular weight excluding hydrogens is 190 g/mol. The van der Waals surface area contributed by atoms with Gasteiger partial charge in [-0.3, -0.25) is 0 Å². The van der Waals surface area contributed by atoms with Crippen molar-refractivity contribution in [3.05, 3.63) is 35.4 Å². The highest BCUT2D eigenvalue weighted by molar-refractivity contribution is 5.27. The zero-order chi connectivity index (χ0) is 11.3. The highest BCUT2D eigenvalue weighted by atomic mass is 16.5. The Labute approximate surface area is 91.2 Å². The molecule has 0 aromatic heterocycles. The Hall–Kier alpha value is -0.900. The minimum Gasteiger partial charge on any atom is -0.380 e. The maximum atomic E-state index is 5.70. The Kier molecular flexibility index (Phi) is 4.27. The summed E-state index contributed by atoms with van der Waals surface area (Å²) in [6.07, 6.45) is 0. The van der Waals surface area contributed by atoms with E-state index in [1.54, 1.807) is 14.2 Å². The predicted molar refractivity (Wildman–Crippen MR) is 60.6 cm³/mol. The fraction of sp³-hybridized carbons (Fsp3) is 0.500. The van der Waals surface area contributed by atoms with Crippen LogP contribution in [0.4, 0.5) is 0 Å². The monoisotopic (exact) mass is 209 g/mol. The number of benzene rings is 1. The molecule has 0 fully saturated rings. The third kappa shape index (κ3) is 2.78. The molecule has 0 aliphatic rings. The van der Waals surface area contributed by atoms with Gasteiger partial charge in [0, 0.05) is 20.8 Å². The van der Waals surface area contributed by atoms with E-state index in [2.05, 4.69) is 0 Å². The number of hydrogen-bond donors (Lipinski definition) is 1. The second-order valence-corrected chi connectivity index (χ2v) is 3.77. The summed E-state index contributed by atoms with van der Waals surface area (Å²) in [6.45, 7) is 3.08. The minimum absolute atomic E-state index is 0.397. The Morgan fingerprint density at radius 3 is 2.20 bits per heavy atom. The second kappa shape index (κ2) is 5.26. The summed E-state index contributed by atoms with van der Waals surface area (Å²) in [7, 11) is 3.36. The predicted octanol–water partition coefficient (Wildman–Crippen LogP) is 1.65. The van der Waals surface area contributed by atoms with Crippen LogP contribution in [0, 0.1) is 0 Å². The van der Waals surface area contributed by atoms with Gasteiger partial charge in [-0.05, 0) is 18.1 Å². The molecule has 84 valence electrons. The number of nitrogens with two attached hydrogens (primary N) is 1. The van der Waals surface area contributed by atoms with Crippen LogP contribution in [0.3, 0.4) is 0 Å². The fourth-order valence-electron chi connectivity index (χ4n) is 1.44. The van der Waals surface area contributed by atoms with Crippen molar-refractivity contribution in [3.63, 3.8) is 0 Å². The highest BCUT2D eigenvalue weighted by Crippen LogP contribution is 2.23. The zero-order valence-electron chi connectivity index (χ0n) is 9.62. The molecule has 0 amide bonds. The Balaban J connectivity index is 2.87. The van der Waals surface area contributed by atoms with Crippen molar-refractivity contribution in [2.45, 2.75) is 19.1 Å². The molecule has 0 saturated carbocycles. The number of rotatable bonds is 5. The molecule has 3 nitrogen and oxygen atoms in total. The van der Waals surface area contributed by atoms with Crippen LogP contribution in [-0.4, -0.2) is 20.8 Å². The Bertz CT molecular complexity index is 291. The molecule has 1 aromatic rings. The van der Waals surface area contributed by atoms with Gasteiger partial charge in [0.05, 0.1) is 6.61 Å². The molecular formula is C12H19NO2.